The molecule has 0 aliphatic heterocycles. The third kappa shape index (κ3) is 6.38. The first-order valence-corrected chi connectivity index (χ1v) is 7.13. The minimum absolute atomic E-state index is 0.272. The van der Waals surface area contributed by atoms with Gasteiger partial charge in [-0.05, 0) is 25.3 Å². The fourth-order valence-corrected chi connectivity index (χ4v) is 1.97. The Morgan fingerprint density at radius 3 is 2.36 bits per heavy atom. The van der Waals surface area contributed by atoms with Gasteiger partial charge in [0.2, 0.25) is 0 Å². The molecule has 4 heteroatoms. The van der Waals surface area contributed by atoms with Crippen molar-refractivity contribution in [3.63, 3.8) is 0 Å². The molecule has 0 aromatic heterocycles. The van der Waals surface area contributed by atoms with Gasteiger partial charge >= 0.3 is 0 Å². The van der Waals surface area contributed by atoms with E-state index in [9.17, 15) is 8.42 Å². The number of hydrogen-bond donors (Lipinski definition) is 1. The molecule has 0 aromatic carbocycles. The van der Waals surface area contributed by atoms with Gasteiger partial charge in [-0.3, -0.25) is 0 Å². The lowest BCUT2D eigenvalue weighted by Crippen LogP contribution is -2.24. The second-order valence-electron chi connectivity index (χ2n) is 3.88. The van der Waals surface area contributed by atoms with E-state index < -0.39 is 9.84 Å². The lowest BCUT2D eigenvalue weighted by Gasteiger charge is -2.21. The van der Waals surface area contributed by atoms with Gasteiger partial charge < -0.3 is 5.32 Å². The highest BCUT2D eigenvalue weighted by Gasteiger charge is 2.17. The van der Waals surface area contributed by atoms with Gasteiger partial charge in [0.25, 0.3) is 0 Å². The summed E-state index contributed by atoms with van der Waals surface area (Å²) in [6.07, 6.45) is 3.05. The first-order valence-electron chi connectivity index (χ1n) is 5.07. The van der Waals surface area contributed by atoms with E-state index in [4.69, 9.17) is 0 Å². The van der Waals surface area contributed by atoms with E-state index >= 15 is 0 Å². The fourth-order valence-electron chi connectivity index (χ4n) is 1.34. The molecule has 0 rings (SSSR count). The van der Waals surface area contributed by atoms with Crippen LogP contribution in [0.4, 0.5) is 0 Å². The molecule has 14 heavy (non-hydrogen) atoms. The maximum atomic E-state index is 11.0. The minimum Gasteiger partial charge on any atom is -0.319 e. The van der Waals surface area contributed by atoms with Crippen LogP contribution in [0.15, 0.2) is 0 Å². The Morgan fingerprint density at radius 1 is 1.43 bits per heavy atom. The van der Waals surface area contributed by atoms with Crippen molar-refractivity contribution in [2.75, 3.05) is 25.6 Å². The van der Waals surface area contributed by atoms with E-state index in [1.165, 1.54) is 12.2 Å². The number of hydrogen-bond acceptors (Lipinski definition) is 3. The molecular formula is C10H22NO2S. The van der Waals surface area contributed by atoms with Crippen molar-refractivity contribution >= 4 is 9.84 Å². The maximum Gasteiger partial charge on any atom is 0.147 e. The highest BCUT2D eigenvalue weighted by Crippen LogP contribution is 2.20. The predicted molar refractivity (Wildman–Crippen MR) is 61.0 cm³/mol. The zero-order valence-corrected chi connectivity index (χ0v) is 10.4. The molecule has 0 aliphatic carbocycles. The summed E-state index contributed by atoms with van der Waals surface area (Å²) in [7, 11) is -0.936. The zero-order chi connectivity index (χ0) is 11.2. The number of rotatable bonds is 7. The second kappa shape index (κ2) is 6.40. The van der Waals surface area contributed by atoms with Crippen LogP contribution < -0.4 is 5.32 Å². The molecule has 1 atom stereocenters. The summed E-state index contributed by atoms with van der Waals surface area (Å²) in [6.45, 7) is 5.10. The van der Waals surface area contributed by atoms with Gasteiger partial charge in [0, 0.05) is 12.8 Å². The van der Waals surface area contributed by atoms with Crippen molar-refractivity contribution in [1.82, 2.24) is 5.32 Å². The van der Waals surface area contributed by atoms with E-state index in [0.717, 1.165) is 13.0 Å². The van der Waals surface area contributed by atoms with Crippen LogP contribution in [-0.4, -0.2) is 34.0 Å². The highest BCUT2D eigenvalue weighted by atomic mass is 32.2. The summed E-state index contributed by atoms with van der Waals surface area (Å²) in [5.41, 5.74) is 0. The third-order valence-electron chi connectivity index (χ3n) is 2.51. The molecule has 0 aromatic rings. The van der Waals surface area contributed by atoms with Crippen LogP contribution in [-0.2, 0) is 9.84 Å². The summed E-state index contributed by atoms with van der Waals surface area (Å²) in [5, 5.41) is 3.09. The average molecular weight is 220 g/mol. The Kier molecular flexibility index (Phi) is 6.36. The van der Waals surface area contributed by atoms with Gasteiger partial charge in [-0.1, -0.05) is 20.3 Å². The van der Waals surface area contributed by atoms with Crippen LogP contribution in [0.25, 0.3) is 0 Å². The smallest absolute Gasteiger partial charge is 0.147 e. The molecule has 85 valence electrons. The van der Waals surface area contributed by atoms with Gasteiger partial charge in [0.05, 0.1) is 5.75 Å². The molecule has 3 nitrogen and oxygen atoms in total. The fraction of sp³-hybridized carbons (Fsp3) is 0.900. The van der Waals surface area contributed by atoms with E-state index in [1.54, 1.807) is 0 Å². The molecule has 0 heterocycles. The van der Waals surface area contributed by atoms with Crippen LogP contribution in [0.3, 0.4) is 0 Å². The molecule has 0 fully saturated rings. The van der Waals surface area contributed by atoms with Gasteiger partial charge in [-0.25, -0.2) is 8.42 Å². The molecule has 0 spiro atoms. The minimum atomic E-state index is -2.83. The molecule has 0 saturated heterocycles. The van der Waals surface area contributed by atoms with Crippen LogP contribution in [0.5, 0.6) is 0 Å². The van der Waals surface area contributed by atoms with Crippen molar-refractivity contribution in [1.29, 1.82) is 0 Å². The predicted octanol–water partition coefficient (Wildman–Crippen LogP) is 1.26. The van der Waals surface area contributed by atoms with Gasteiger partial charge in [-0.2, -0.15) is 0 Å². The summed E-state index contributed by atoms with van der Waals surface area (Å²) in [5.74, 6) is 2.08. The molecule has 1 N–H and O–H groups in total. The quantitative estimate of drug-likeness (QED) is 0.702. The van der Waals surface area contributed by atoms with E-state index in [2.05, 4.69) is 19.2 Å². The second-order valence-corrected chi connectivity index (χ2v) is 6.14. The maximum absolute atomic E-state index is 11.0. The van der Waals surface area contributed by atoms with Crippen molar-refractivity contribution in [3.05, 3.63) is 5.92 Å². The van der Waals surface area contributed by atoms with Crippen LogP contribution in [0, 0.1) is 11.8 Å². The average Bonchev–Trinajstić information content (AvgIpc) is 2.09. The SMILES string of the molecule is CCC(C)[C](CCS(C)(=O)=O)CNC. The summed E-state index contributed by atoms with van der Waals surface area (Å²) in [6, 6.07) is 0. The topological polar surface area (TPSA) is 46.2 Å². The van der Waals surface area contributed by atoms with Crippen molar-refractivity contribution in [2.45, 2.75) is 26.7 Å². The van der Waals surface area contributed by atoms with Crippen LogP contribution >= 0.6 is 0 Å². The van der Waals surface area contributed by atoms with E-state index in [1.807, 2.05) is 7.05 Å². The lowest BCUT2D eigenvalue weighted by atomic mass is 9.89. The first-order chi connectivity index (χ1) is 6.40. The van der Waals surface area contributed by atoms with Crippen LogP contribution in [0.1, 0.15) is 26.7 Å². The number of nitrogens with one attached hydrogen (secondary N) is 1. The third-order valence-corrected chi connectivity index (χ3v) is 3.45. The molecule has 0 aliphatic rings. The largest absolute Gasteiger partial charge is 0.319 e. The first kappa shape index (κ1) is 13.9. The monoisotopic (exact) mass is 220 g/mol. The van der Waals surface area contributed by atoms with Crippen molar-refractivity contribution in [2.24, 2.45) is 5.92 Å². The summed E-state index contributed by atoms with van der Waals surface area (Å²) >= 11 is 0. The van der Waals surface area contributed by atoms with Crippen molar-refractivity contribution in [3.8, 4) is 0 Å². The molecule has 0 bridgehead atoms. The van der Waals surface area contributed by atoms with E-state index in [0.29, 0.717) is 12.3 Å². The Balaban J connectivity index is 4.09. The Hall–Kier alpha value is -0.0900. The normalized spacial score (nSPS) is 14.6. The Bertz CT molecular complexity index is 237. The molecule has 1 radical (unpaired) electrons. The van der Waals surface area contributed by atoms with Crippen LogP contribution in [0.2, 0.25) is 0 Å². The molecular weight excluding hydrogens is 198 g/mol. The summed E-state index contributed by atoms with van der Waals surface area (Å²) < 4.78 is 22.0. The summed E-state index contributed by atoms with van der Waals surface area (Å²) in [4.78, 5) is 0. The highest BCUT2D eigenvalue weighted by molar-refractivity contribution is 7.90. The Morgan fingerprint density at radius 2 is 2.00 bits per heavy atom. The van der Waals surface area contributed by atoms with E-state index in [-0.39, 0.29) is 5.75 Å². The molecule has 1 unspecified atom stereocenters. The van der Waals surface area contributed by atoms with Gasteiger partial charge in [0.1, 0.15) is 9.84 Å². The zero-order valence-electron chi connectivity index (χ0n) is 9.63. The van der Waals surface area contributed by atoms with Gasteiger partial charge in [-0.15, -0.1) is 0 Å². The molecule has 0 amide bonds. The number of sulfone groups is 1. The van der Waals surface area contributed by atoms with Crippen molar-refractivity contribution < 1.29 is 8.42 Å². The standard InChI is InChI=1S/C10H22NO2S/c1-5-9(2)10(8-11-3)6-7-14(4,12)13/h9,11H,5-8H2,1-4H3. The molecule has 0 saturated carbocycles. The van der Waals surface area contributed by atoms with Gasteiger partial charge in [0.15, 0.2) is 0 Å². The lowest BCUT2D eigenvalue weighted by molar-refractivity contribution is 0.513. The Labute approximate surface area is 88.2 Å².